The van der Waals surface area contributed by atoms with Crippen molar-refractivity contribution in [2.45, 2.75) is 23.6 Å². The maximum atomic E-state index is 12.8. The molecule has 146 valence electrons. The van der Waals surface area contributed by atoms with E-state index in [9.17, 15) is 16.8 Å². The van der Waals surface area contributed by atoms with Crippen LogP contribution in [0.5, 0.6) is 0 Å². The number of hydrogen-bond acceptors (Lipinski definition) is 5. The number of nitrogens with one attached hydrogen (secondary N) is 1. The van der Waals surface area contributed by atoms with Gasteiger partial charge in [0.25, 0.3) is 20.0 Å². The molecule has 0 saturated heterocycles. The summed E-state index contributed by atoms with van der Waals surface area (Å²) >= 11 is 0. The number of benzene rings is 2. The number of nitrogens with zero attached hydrogens (tertiary/aromatic N) is 2. The van der Waals surface area contributed by atoms with Gasteiger partial charge in [-0.15, -0.1) is 0 Å². The second-order valence-electron chi connectivity index (χ2n) is 6.11. The van der Waals surface area contributed by atoms with Crippen molar-refractivity contribution in [1.82, 2.24) is 8.80 Å². The van der Waals surface area contributed by atoms with Crippen LogP contribution in [0, 0.1) is 6.92 Å². The summed E-state index contributed by atoms with van der Waals surface area (Å²) in [6.07, 6.45) is 1.39. The van der Waals surface area contributed by atoms with E-state index in [1.165, 1.54) is 37.4 Å². The van der Waals surface area contributed by atoms with Gasteiger partial charge in [-0.2, -0.15) is 18.4 Å². The first-order valence-corrected chi connectivity index (χ1v) is 11.3. The SMILES string of the molecule is C/C(=N\NS(=O)(=O)c1ccc(C)cc1)c1cccn1S(=O)(=O)c1ccccc1. The highest BCUT2D eigenvalue weighted by Crippen LogP contribution is 2.17. The quantitative estimate of drug-likeness (QED) is 0.493. The molecule has 3 rings (SSSR count). The second-order valence-corrected chi connectivity index (χ2v) is 9.59. The van der Waals surface area contributed by atoms with Crippen LogP contribution in [0.4, 0.5) is 0 Å². The first kappa shape index (κ1) is 19.8. The molecule has 0 atom stereocenters. The van der Waals surface area contributed by atoms with Crippen molar-refractivity contribution >= 4 is 25.8 Å². The highest BCUT2D eigenvalue weighted by molar-refractivity contribution is 7.90. The van der Waals surface area contributed by atoms with Gasteiger partial charge in [0, 0.05) is 6.20 Å². The highest BCUT2D eigenvalue weighted by atomic mass is 32.2. The second kappa shape index (κ2) is 7.61. The summed E-state index contributed by atoms with van der Waals surface area (Å²) in [5.41, 5.74) is 1.40. The number of aryl methyl sites for hydroxylation is 1. The van der Waals surface area contributed by atoms with Crippen molar-refractivity contribution in [2.24, 2.45) is 5.10 Å². The summed E-state index contributed by atoms with van der Waals surface area (Å²) < 4.78 is 51.5. The molecular weight excluding hydrogens is 398 g/mol. The Morgan fingerprint density at radius 1 is 0.857 bits per heavy atom. The fourth-order valence-electron chi connectivity index (χ4n) is 2.52. The topological polar surface area (TPSA) is 97.6 Å². The van der Waals surface area contributed by atoms with Crippen molar-refractivity contribution < 1.29 is 16.8 Å². The summed E-state index contributed by atoms with van der Waals surface area (Å²) in [4.78, 5) is 2.35. The van der Waals surface area contributed by atoms with E-state index in [2.05, 4.69) is 9.93 Å². The molecule has 1 aromatic heterocycles. The smallest absolute Gasteiger partial charge is 0.240 e. The number of sulfonamides is 1. The largest absolute Gasteiger partial charge is 0.276 e. The first-order chi connectivity index (χ1) is 13.2. The molecule has 1 N–H and O–H groups in total. The van der Waals surface area contributed by atoms with Gasteiger partial charge in [-0.25, -0.2) is 12.4 Å². The molecule has 0 aliphatic rings. The maximum Gasteiger partial charge on any atom is 0.276 e. The van der Waals surface area contributed by atoms with Crippen LogP contribution < -0.4 is 4.83 Å². The molecule has 7 nitrogen and oxygen atoms in total. The summed E-state index contributed by atoms with van der Waals surface area (Å²) in [6.45, 7) is 3.39. The van der Waals surface area contributed by atoms with Crippen molar-refractivity contribution in [3.8, 4) is 0 Å². The van der Waals surface area contributed by atoms with E-state index in [1.807, 2.05) is 6.92 Å². The van der Waals surface area contributed by atoms with E-state index >= 15 is 0 Å². The number of aromatic nitrogens is 1. The van der Waals surface area contributed by atoms with Crippen molar-refractivity contribution in [1.29, 1.82) is 0 Å². The maximum absolute atomic E-state index is 12.8. The van der Waals surface area contributed by atoms with Gasteiger partial charge in [-0.05, 0) is 50.2 Å². The predicted octanol–water partition coefficient (Wildman–Crippen LogP) is 2.74. The lowest BCUT2D eigenvalue weighted by Gasteiger charge is -2.11. The van der Waals surface area contributed by atoms with Gasteiger partial charge in [0.05, 0.1) is 21.2 Å². The van der Waals surface area contributed by atoms with E-state index < -0.39 is 20.0 Å². The number of hydrogen-bond donors (Lipinski definition) is 1. The van der Waals surface area contributed by atoms with Crippen LogP contribution >= 0.6 is 0 Å². The molecular formula is C19H19N3O4S2. The van der Waals surface area contributed by atoms with Crippen molar-refractivity contribution in [3.63, 3.8) is 0 Å². The minimum absolute atomic E-state index is 0.0712. The molecule has 0 bridgehead atoms. The Morgan fingerprint density at radius 3 is 2.14 bits per heavy atom. The zero-order valence-electron chi connectivity index (χ0n) is 15.3. The van der Waals surface area contributed by atoms with Gasteiger partial charge in [-0.3, -0.25) is 0 Å². The normalized spacial score (nSPS) is 12.7. The van der Waals surface area contributed by atoms with Gasteiger partial charge in [0.2, 0.25) is 0 Å². The molecule has 0 amide bonds. The van der Waals surface area contributed by atoms with Crippen LogP contribution in [0.25, 0.3) is 0 Å². The Morgan fingerprint density at radius 2 is 1.50 bits per heavy atom. The third kappa shape index (κ3) is 4.00. The Bertz CT molecular complexity index is 1210. The molecule has 0 fully saturated rings. The minimum atomic E-state index is -3.86. The lowest BCUT2D eigenvalue weighted by atomic mass is 10.2. The molecule has 2 aromatic carbocycles. The predicted molar refractivity (Wildman–Crippen MR) is 107 cm³/mol. The summed E-state index contributed by atoms with van der Waals surface area (Å²) in [6, 6.07) is 17.4. The number of hydrazone groups is 1. The van der Waals surface area contributed by atoms with E-state index in [-0.39, 0.29) is 21.2 Å². The van der Waals surface area contributed by atoms with Gasteiger partial charge in [0.15, 0.2) is 0 Å². The average molecular weight is 418 g/mol. The fourth-order valence-corrected chi connectivity index (χ4v) is 4.79. The van der Waals surface area contributed by atoms with Gasteiger partial charge in [0.1, 0.15) is 0 Å². The van der Waals surface area contributed by atoms with Crippen molar-refractivity contribution in [3.05, 3.63) is 84.2 Å². The monoisotopic (exact) mass is 417 g/mol. The zero-order chi connectivity index (χ0) is 20.4. The Hall–Kier alpha value is -2.91. The molecule has 28 heavy (non-hydrogen) atoms. The molecule has 9 heteroatoms. The van der Waals surface area contributed by atoms with E-state index in [0.717, 1.165) is 9.54 Å². The number of rotatable bonds is 6. The average Bonchev–Trinajstić information content (AvgIpc) is 3.18. The molecule has 3 aromatic rings. The van der Waals surface area contributed by atoms with E-state index in [4.69, 9.17) is 0 Å². The lowest BCUT2D eigenvalue weighted by Crippen LogP contribution is -2.22. The third-order valence-electron chi connectivity index (χ3n) is 4.05. The Balaban J connectivity index is 1.91. The molecule has 0 radical (unpaired) electrons. The van der Waals surface area contributed by atoms with E-state index in [1.54, 1.807) is 42.5 Å². The van der Waals surface area contributed by atoms with Crippen LogP contribution in [0.1, 0.15) is 18.2 Å². The molecule has 0 aliphatic carbocycles. The lowest BCUT2D eigenvalue weighted by molar-refractivity contribution is 0.584. The summed E-state index contributed by atoms with van der Waals surface area (Å²) in [5.74, 6) is 0. The highest BCUT2D eigenvalue weighted by Gasteiger charge is 2.20. The minimum Gasteiger partial charge on any atom is -0.240 e. The van der Waals surface area contributed by atoms with Crippen LogP contribution in [0.15, 0.2) is 87.8 Å². The zero-order valence-corrected chi connectivity index (χ0v) is 16.9. The molecule has 0 unspecified atom stereocenters. The summed E-state index contributed by atoms with van der Waals surface area (Å²) in [5, 5.41) is 3.90. The molecule has 0 spiro atoms. The standard InChI is InChI=1S/C19H19N3O4S2/c1-15-10-12-17(13-11-15)27(23,24)21-20-16(2)19-9-6-14-22(19)28(25,26)18-7-4-3-5-8-18/h3-14,21H,1-2H3/b20-16+. The Labute approximate surface area is 164 Å². The van der Waals surface area contributed by atoms with Gasteiger partial charge in [-0.1, -0.05) is 35.9 Å². The van der Waals surface area contributed by atoms with Crippen LogP contribution in [0.3, 0.4) is 0 Å². The molecule has 1 heterocycles. The van der Waals surface area contributed by atoms with Crippen LogP contribution in [0.2, 0.25) is 0 Å². The Kier molecular flexibility index (Phi) is 5.39. The summed E-state index contributed by atoms with van der Waals surface area (Å²) in [7, 11) is -7.68. The van der Waals surface area contributed by atoms with Crippen LogP contribution in [-0.2, 0) is 20.0 Å². The van der Waals surface area contributed by atoms with Gasteiger partial charge < -0.3 is 0 Å². The third-order valence-corrected chi connectivity index (χ3v) is 6.98. The molecule has 0 saturated carbocycles. The van der Waals surface area contributed by atoms with Crippen molar-refractivity contribution in [2.75, 3.05) is 0 Å². The van der Waals surface area contributed by atoms with E-state index in [0.29, 0.717) is 0 Å². The van der Waals surface area contributed by atoms with Gasteiger partial charge >= 0.3 is 0 Å². The van der Waals surface area contributed by atoms with Crippen LogP contribution in [-0.4, -0.2) is 26.5 Å². The fraction of sp³-hybridized carbons (Fsp3) is 0.105. The first-order valence-electron chi connectivity index (χ1n) is 8.33. The molecule has 0 aliphatic heterocycles.